The van der Waals surface area contributed by atoms with Gasteiger partial charge in [0.25, 0.3) is 5.91 Å². The predicted molar refractivity (Wildman–Crippen MR) is 127 cm³/mol. The zero-order valence-electron chi connectivity index (χ0n) is 17.6. The topological polar surface area (TPSA) is 66.8 Å². The summed E-state index contributed by atoms with van der Waals surface area (Å²) in [4.78, 5) is 25.5. The van der Waals surface area contributed by atoms with Gasteiger partial charge in [0.15, 0.2) is 0 Å². The Bertz CT molecular complexity index is 746. The third-order valence-electron chi connectivity index (χ3n) is 4.88. The molecule has 30 heavy (non-hydrogen) atoms. The molecule has 0 saturated carbocycles. The second kappa shape index (κ2) is 13.4. The molecule has 0 aromatic heterocycles. The predicted octanol–water partition coefficient (Wildman–Crippen LogP) is 5.88. The number of nitrogens with zero attached hydrogens (tertiary/aromatic N) is 1. The molecule has 0 bridgehead atoms. The number of hydrogen-bond donors (Lipinski definition) is 1. The van der Waals surface area contributed by atoms with E-state index in [1.165, 1.54) is 11.8 Å². The number of thiocarbonyl (C=S) groups is 1. The fraction of sp³-hybridized carbons (Fsp3) is 0.522. The third kappa shape index (κ3) is 8.48. The maximum absolute atomic E-state index is 12.7. The number of amides is 1. The van der Waals surface area contributed by atoms with E-state index in [0.717, 1.165) is 62.7 Å². The maximum atomic E-state index is 12.7. The van der Waals surface area contributed by atoms with Gasteiger partial charge in [-0.15, -0.1) is 0 Å². The number of carboxylic acids is 1. The van der Waals surface area contributed by atoms with Crippen LogP contribution in [0.15, 0.2) is 29.2 Å². The molecule has 1 fully saturated rings. The number of aliphatic carboxylic acids is 1. The van der Waals surface area contributed by atoms with E-state index in [9.17, 15) is 9.59 Å². The van der Waals surface area contributed by atoms with Crippen molar-refractivity contribution in [1.29, 1.82) is 0 Å². The van der Waals surface area contributed by atoms with Gasteiger partial charge in [0, 0.05) is 13.0 Å². The van der Waals surface area contributed by atoms with Crippen molar-refractivity contribution in [2.24, 2.45) is 0 Å². The van der Waals surface area contributed by atoms with Gasteiger partial charge >= 0.3 is 5.97 Å². The number of carbonyl (C=O) groups excluding carboxylic acids is 1. The number of carbonyl (C=O) groups is 2. The van der Waals surface area contributed by atoms with Gasteiger partial charge in [-0.2, -0.15) is 0 Å². The molecule has 1 aromatic rings. The van der Waals surface area contributed by atoms with E-state index in [0.29, 0.717) is 22.4 Å². The van der Waals surface area contributed by atoms with Gasteiger partial charge in [-0.05, 0) is 43.5 Å². The zero-order valence-corrected chi connectivity index (χ0v) is 19.2. The molecule has 0 radical (unpaired) electrons. The Morgan fingerprint density at radius 1 is 1.07 bits per heavy atom. The van der Waals surface area contributed by atoms with Crippen LogP contribution in [0.5, 0.6) is 5.75 Å². The minimum atomic E-state index is -0.708. The molecule has 164 valence electrons. The van der Waals surface area contributed by atoms with E-state index >= 15 is 0 Å². The normalized spacial score (nSPS) is 15.2. The van der Waals surface area contributed by atoms with Crippen molar-refractivity contribution in [3.05, 3.63) is 34.7 Å². The first-order valence-electron chi connectivity index (χ1n) is 10.7. The van der Waals surface area contributed by atoms with Crippen molar-refractivity contribution in [2.75, 3.05) is 13.2 Å². The van der Waals surface area contributed by atoms with Crippen molar-refractivity contribution >= 4 is 46.3 Å². The minimum absolute atomic E-state index is 0.00249. The summed E-state index contributed by atoms with van der Waals surface area (Å²) in [5.41, 5.74) is 0.960. The summed E-state index contributed by atoms with van der Waals surface area (Å²) in [7, 11) is 0. The summed E-state index contributed by atoms with van der Waals surface area (Å²) in [6.45, 7) is 3.25. The average Bonchev–Trinajstić information content (AvgIpc) is 2.98. The van der Waals surface area contributed by atoms with Crippen LogP contribution in [0.25, 0.3) is 6.08 Å². The van der Waals surface area contributed by atoms with Crippen LogP contribution in [-0.4, -0.2) is 39.4 Å². The molecule has 0 atom stereocenters. The standard InChI is InChI=1S/C23H31NO4S2/c1-2-28-19-14-12-18(13-15-19)17-20-22(27)24(23(29)30-20)16-10-8-6-4-3-5-7-9-11-21(25)26/h12-15,17H,2-11,16H2,1H3,(H,25,26). The highest BCUT2D eigenvalue weighted by Gasteiger charge is 2.31. The quantitative estimate of drug-likeness (QED) is 0.217. The lowest BCUT2D eigenvalue weighted by molar-refractivity contribution is -0.137. The van der Waals surface area contributed by atoms with Crippen molar-refractivity contribution in [1.82, 2.24) is 4.90 Å². The van der Waals surface area contributed by atoms with E-state index < -0.39 is 5.97 Å². The fourth-order valence-electron chi connectivity index (χ4n) is 3.28. The average molecular weight is 450 g/mol. The van der Waals surface area contributed by atoms with Gasteiger partial charge in [-0.1, -0.05) is 74.6 Å². The molecule has 1 saturated heterocycles. The lowest BCUT2D eigenvalue weighted by atomic mass is 10.1. The molecule has 5 nitrogen and oxygen atoms in total. The number of thioether (sulfide) groups is 1. The van der Waals surface area contributed by atoms with Gasteiger partial charge in [-0.3, -0.25) is 14.5 Å². The first-order valence-corrected chi connectivity index (χ1v) is 11.9. The van der Waals surface area contributed by atoms with Gasteiger partial charge in [0.1, 0.15) is 10.1 Å². The van der Waals surface area contributed by atoms with Crippen LogP contribution >= 0.6 is 24.0 Å². The van der Waals surface area contributed by atoms with Gasteiger partial charge in [-0.25, -0.2) is 0 Å². The number of carboxylic acid groups (broad SMARTS) is 1. The lowest BCUT2D eigenvalue weighted by Crippen LogP contribution is -2.29. The molecule has 0 spiro atoms. The van der Waals surface area contributed by atoms with E-state index in [1.807, 2.05) is 37.3 Å². The smallest absolute Gasteiger partial charge is 0.303 e. The molecule has 1 aliphatic rings. The molecular weight excluding hydrogens is 418 g/mol. The molecule has 7 heteroatoms. The Labute approximate surface area is 188 Å². The monoisotopic (exact) mass is 449 g/mol. The van der Waals surface area contributed by atoms with E-state index in [-0.39, 0.29) is 12.3 Å². The van der Waals surface area contributed by atoms with Crippen molar-refractivity contribution in [2.45, 2.75) is 64.7 Å². The first kappa shape index (κ1) is 24.4. The SMILES string of the molecule is CCOc1ccc(C=C2SC(=S)N(CCCCCCCCCCC(=O)O)C2=O)cc1. The van der Waals surface area contributed by atoms with Crippen molar-refractivity contribution in [3.8, 4) is 5.75 Å². The Morgan fingerprint density at radius 3 is 2.27 bits per heavy atom. The van der Waals surface area contributed by atoms with Crippen LogP contribution in [0, 0.1) is 0 Å². The number of hydrogen-bond acceptors (Lipinski definition) is 5. The summed E-state index contributed by atoms with van der Waals surface area (Å²) in [5, 5.41) is 8.61. The Kier molecular flexibility index (Phi) is 10.9. The molecule has 1 amide bonds. The van der Waals surface area contributed by atoms with Crippen LogP contribution in [-0.2, 0) is 9.59 Å². The van der Waals surface area contributed by atoms with Gasteiger partial charge in [0.05, 0.1) is 11.5 Å². The maximum Gasteiger partial charge on any atom is 0.303 e. The zero-order chi connectivity index (χ0) is 21.8. The molecule has 1 heterocycles. The summed E-state index contributed by atoms with van der Waals surface area (Å²) >= 11 is 6.78. The van der Waals surface area contributed by atoms with Crippen molar-refractivity contribution in [3.63, 3.8) is 0 Å². The highest BCUT2D eigenvalue weighted by atomic mass is 32.2. The molecular formula is C23H31NO4S2. The van der Waals surface area contributed by atoms with Crippen LogP contribution in [0.1, 0.15) is 70.3 Å². The number of rotatable bonds is 14. The Morgan fingerprint density at radius 2 is 1.67 bits per heavy atom. The Balaban J connectivity index is 1.67. The van der Waals surface area contributed by atoms with Crippen LogP contribution in [0.4, 0.5) is 0 Å². The summed E-state index contributed by atoms with van der Waals surface area (Å²) in [5.74, 6) is 0.111. The van der Waals surface area contributed by atoms with E-state index in [4.69, 9.17) is 22.1 Å². The summed E-state index contributed by atoms with van der Waals surface area (Å²) < 4.78 is 6.08. The third-order valence-corrected chi connectivity index (χ3v) is 6.26. The van der Waals surface area contributed by atoms with E-state index in [2.05, 4.69) is 0 Å². The summed E-state index contributed by atoms with van der Waals surface area (Å²) in [6.07, 6.45) is 10.5. The second-order valence-electron chi connectivity index (χ2n) is 7.31. The lowest BCUT2D eigenvalue weighted by Gasteiger charge is -2.14. The number of ether oxygens (including phenoxy) is 1. The largest absolute Gasteiger partial charge is 0.494 e. The summed E-state index contributed by atoms with van der Waals surface area (Å²) in [6, 6.07) is 7.70. The number of unbranched alkanes of at least 4 members (excludes halogenated alkanes) is 7. The first-order chi connectivity index (χ1) is 14.5. The molecule has 1 aromatic carbocycles. The van der Waals surface area contributed by atoms with Crippen LogP contribution in [0.3, 0.4) is 0 Å². The molecule has 2 rings (SSSR count). The minimum Gasteiger partial charge on any atom is -0.494 e. The fourth-order valence-corrected chi connectivity index (χ4v) is 4.59. The van der Waals surface area contributed by atoms with Crippen molar-refractivity contribution < 1.29 is 19.4 Å². The highest BCUT2D eigenvalue weighted by Crippen LogP contribution is 2.33. The molecule has 1 aliphatic heterocycles. The van der Waals surface area contributed by atoms with Crippen LogP contribution < -0.4 is 4.74 Å². The number of benzene rings is 1. The second-order valence-corrected chi connectivity index (χ2v) is 8.98. The highest BCUT2D eigenvalue weighted by molar-refractivity contribution is 8.26. The van der Waals surface area contributed by atoms with Gasteiger partial charge in [0.2, 0.25) is 0 Å². The van der Waals surface area contributed by atoms with Crippen LogP contribution in [0.2, 0.25) is 0 Å². The Hall–Kier alpha value is -1.86. The van der Waals surface area contributed by atoms with Gasteiger partial charge < -0.3 is 9.84 Å². The van der Waals surface area contributed by atoms with E-state index in [1.54, 1.807) is 4.90 Å². The molecule has 0 unspecified atom stereocenters. The molecule has 1 N–H and O–H groups in total. The molecule has 0 aliphatic carbocycles.